The third-order valence-electron chi connectivity index (χ3n) is 3.20. The summed E-state index contributed by atoms with van der Waals surface area (Å²) in [4.78, 5) is 19.4. The van der Waals surface area contributed by atoms with E-state index < -0.39 is 0 Å². The summed E-state index contributed by atoms with van der Waals surface area (Å²) in [7, 11) is 0. The molecule has 0 bridgehead atoms. The van der Waals surface area contributed by atoms with Crippen molar-refractivity contribution in [2.75, 3.05) is 13.1 Å². The van der Waals surface area contributed by atoms with Gasteiger partial charge in [0.25, 0.3) is 0 Å². The van der Waals surface area contributed by atoms with Crippen LogP contribution in [0.4, 0.5) is 0 Å². The molecule has 2 aromatic heterocycles. The Morgan fingerprint density at radius 1 is 1.39 bits per heavy atom. The highest BCUT2D eigenvalue weighted by Crippen LogP contribution is 2.25. The van der Waals surface area contributed by atoms with Crippen molar-refractivity contribution in [3.05, 3.63) is 30.2 Å². The van der Waals surface area contributed by atoms with Crippen LogP contribution in [0.25, 0.3) is 10.9 Å². The average molecular weight is 261 g/mol. The molecule has 0 aliphatic carbocycles. The molecule has 94 valence electrons. The third-order valence-corrected chi connectivity index (χ3v) is 4.44. The van der Waals surface area contributed by atoms with Gasteiger partial charge in [-0.15, -0.1) is 0 Å². The number of hydrogen-bond donors (Lipinski definition) is 2. The Balaban J connectivity index is 1.74. The second kappa shape index (κ2) is 5.12. The zero-order chi connectivity index (χ0) is 12.4. The van der Waals surface area contributed by atoms with Crippen LogP contribution in [0, 0.1) is 0 Å². The van der Waals surface area contributed by atoms with E-state index in [1.54, 1.807) is 12.4 Å². The van der Waals surface area contributed by atoms with Crippen LogP contribution in [-0.2, 0) is 0 Å². The fourth-order valence-electron chi connectivity index (χ4n) is 2.21. The molecule has 3 rings (SSSR count). The Hall–Kier alpha value is -1.33. The van der Waals surface area contributed by atoms with Gasteiger partial charge in [0.2, 0.25) is 5.12 Å². The van der Waals surface area contributed by atoms with Gasteiger partial charge in [0.1, 0.15) is 0 Å². The first-order chi connectivity index (χ1) is 8.83. The molecule has 3 heterocycles. The predicted octanol–water partition coefficient (Wildman–Crippen LogP) is 2.19. The molecule has 0 spiro atoms. The lowest BCUT2D eigenvalue weighted by molar-refractivity contribution is 0.108. The number of thioether (sulfide) groups is 1. The maximum atomic E-state index is 12.2. The smallest absolute Gasteiger partial charge is 0.235 e. The molecular formula is C13H15N3OS. The Bertz CT molecular complexity index is 527. The number of rotatable bonds is 2. The van der Waals surface area contributed by atoms with Crippen molar-refractivity contribution in [1.29, 1.82) is 0 Å². The molecule has 0 aromatic carbocycles. The van der Waals surface area contributed by atoms with E-state index in [1.165, 1.54) is 11.8 Å². The zero-order valence-electron chi connectivity index (χ0n) is 9.98. The second-order valence-electron chi connectivity index (χ2n) is 4.50. The van der Waals surface area contributed by atoms with Crippen LogP contribution in [0.3, 0.4) is 0 Å². The van der Waals surface area contributed by atoms with Crippen LogP contribution in [0.5, 0.6) is 0 Å². The highest BCUT2D eigenvalue weighted by Gasteiger charge is 2.19. The van der Waals surface area contributed by atoms with Crippen LogP contribution in [-0.4, -0.2) is 33.4 Å². The Kier molecular flexibility index (Phi) is 3.34. The normalized spacial score (nSPS) is 17.1. The minimum atomic E-state index is 0.137. The van der Waals surface area contributed by atoms with Crippen molar-refractivity contribution in [2.24, 2.45) is 0 Å². The van der Waals surface area contributed by atoms with Crippen LogP contribution >= 0.6 is 11.8 Å². The summed E-state index contributed by atoms with van der Waals surface area (Å²) in [6.45, 7) is 2.03. The van der Waals surface area contributed by atoms with Crippen molar-refractivity contribution in [3.63, 3.8) is 0 Å². The van der Waals surface area contributed by atoms with Crippen LogP contribution in [0.1, 0.15) is 23.3 Å². The monoisotopic (exact) mass is 261 g/mol. The van der Waals surface area contributed by atoms with Gasteiger partial charge in [0.15, 0.2) is 0 Å². The number of piperidine rings is 1. The first-order valence-electron chi connectivity index (χ1n) is 6.17. The number of fused-ring (bicyclic) bond motifs is 1. The lowest BCUT2D eigenvalue weighted by atomic mass is 10.2. The largest absolute Gasteiger partial charge is 0.350 e. The van der Waals surface area contributed by atoms with E-state index >= 15 is 0 Å². The molecule has 0 saturated carbocycles. The Labute approximate surface area is 110 Å². The lowest BCUT2D eigenvalue weighted by Gasteiger charge is -2.20. The summed E-state index contributed by atoms with van der Waals surface area (Å²) in [5.74, 6) is 0. The lowest BCUT2D eigenvalue weighted by Crippen LogP contribution is -2.29. The number of nitrogens with zero attached hydrogens (tertiary/aromatic N) is 1. The maximum Gasteiger partial charge on any atom is 0.235 e. The molecule has 18 heavy (non-hydrogen) atoms. The number of carbonyl (C=O) groups excluding carboxylic acids is 1. The quantitative estimate of drug-likeness (QED) is 0.870. The number of H-pyrrole nitrogens is 1. The van der Waals surface area contributed by atoms with Gasteiger partial charge in [-0.3, -0.25) is 9.78 Å². The number of aromatic amines is 1. The molecule has 0 atom stereocenters. The molecule has 0 unspecified atom stereocenters. The second-order valence-corrected chi connectivity index (χ2v) is 5.77. The predicted molar refractivity (Wildman–Crippen MR) is 73.9 cm³/mol. The topological polar surface area (TPSA) is 57.8 Å². The van der Waals surface area contributed by atoms with Crippen molar-refractivity contribution < 1.29 is 4.79 Å². The molecule has 1 fully saturated rings. The molecule has 5 heteroatoms. The van der Waals surface area contributed by atoms with Gasteiger partial charge in [-0.05, 0) is 38.1 Å². The van der Waals surface area contributed by atoms with E-state index in [4.69, 9.17) is 0 Å². The number of aromatic nitrogens is 2. The van der Waals surface area contributed by atoms with Gasteiger partial charge in [0.05, 0.1) is 17.4 Å². The summed E-state index contributed by atoms with van der Waals surface area (Å²) in [5, 5.41) is 4.93. The summed E-state index contributed by atoms with van der Waals surface area (Å²) in [6, 6.07) is 3.82. The molecule has 2 aromatic rings. The number of pyridine rings is 1. The van der Waals surface area contributed by atoms with Crippen LogP contribution in [0.15, 0.2) is 24.5 Å². The zero-order valence-corrected chi connectivity index (χ0v) is 10.8. The minimum Gasteiger partial charge on any atom is -0.350 e. The van der Waals surface area contributed by atoms with Crippen molar-refractivity contribution in [1.82, 2.24) is 15.3 Å². The molecule has 4 nitrogen and oxygen atoms in total. The molecule has 1 aliphatic rings. The first-order valence-corrected chi connectivity index (χ1v) is 7.05. The number of nitrogens with one attached hydrogen (secondary N) is 2. The van der Waals surface area contributed by atoms with Gasteiger partial charge in [-0.2, -0.15) is 0 Å². The SMILES string of the molecule is O=C(SC1CCNCC1)c1cc2ccncc2[nH]1. The fraction of sp³-hybridized carbons (Fsp3) is 0.385. The molecule has 0 radical (unpaired) electrons. The van der Waals surface area contributed by atoms with Gasteiger partial charge in [-0.25, -0.2) is 0 Å². The van der Waals surface area contributed by atoms with Crippen molar-refractivity contribution >= 4 is 27.8 Å². The molecule has 1 aliphatic heterocycles. The van der Waals surface area contributed by atoms with E-state index in [2.05, 4.69) is 15.3 Å². The minimum absolute atomic E-state index is 0.137. The fourth-order valence-corrected chi connectivity index (χ4v) is 3.22. The highest BCUT2D eigenvalue weighted by molar-refractivity contribution is 8.14. The van der Waals surface area contributed by atoms with Gasteiger partial charge in [-0.1, -0.05) is 11.8 Å². The standard InChI is InChI=1S/C13H15N3OS/c17-13(18-10-2-5-14-6-3-10)11-7-9-1-4-15-8-12(9)16-11/h1,4,7-8,10,14,16H,2-3,5-6H2. The average Bonchev–Trinajstić information content (AvgIpc) is 2.84. The van der Waals surface area contributed by atoms with E-state index in [-0.39, 0.29) is 5.12 Å². The molecule has 1 saturated heterocycles. The number of carbonyl (C=O) groups is 1. The summed E-state index contributed by atoms with van der Waals surface area (Å²) in [6.07, 6.45) is 5.63. The van der Waals surface area contributed by atoms with Gasteiger partial charge >= 0.3 is 0 Å². The van der Waals surface area contributed by atoms with E-state index in [1.807, 2.05) is 12.1 Å². The molecule has 0 amide bonds. The highest BCUT2D eigenvalue weighted by atomic mass is 32.2. The maximum absolute atomic E-state index is 12.2. The molecule has 2 N–H and O–H groups in total. The summed E-state index contributed by atoms with van der Waals surface area (Å²) >= 11 is 1.46. The Morgan fingerprint density at radius 2 is 2.22 bits per heavy atom. The Morgan fingerprint density at radius 3 is 3.00 bits per heavy atom. The van der Waals surface area contributed by atoms with E-state index in [0.717, 1.165) is 36.8 Å². The summed E-state index contributed by atoms with van der Waals surface area (Å²) in [5.41, 5.74) is 1.60. The van der Waals surface area contributed by atoms with Crippen LogP contribution < -0.4 is 5.32 Å². The van der Waals surface area contributed by atoms with Crippen molar-refractivity contribution in [2.45, 2.75) is 18.1 Å². The first kappa shape index (κ1) is 11.7. The third kappa shape index (κ3) is 2.42. The van der Waals surface area contributed by atoms with Gasteiger partial charge < -0.3 is 10.3 Å². The summed E-state index contributed by atoms with van der Waals surface area (Å²) < 4.78 is 0. The molecular weight excluding hydrogens is 246 g/mol. The van der Waals surface area contributed by atoms with E-state index in [0.29, 0.717) is 10.9 Å². The van der Waals surface area contributed by atoms with Crippen LogP contribution in [0.2, 0.25) is 0 Å². The van der Waals surface area contributed by atoms with Gasteiger partial charge in [0, 0.05) is 16.8 Å². The number of hydrogen-bond acceptors (Lipinski definition) is 4. The van der Waals surface area contributed by atoms with E-state index in [9.17, 15) is 4.79 Å². The van der Waals surface area contributed by atoms with Crippen molar-refractivity contribution in [3.8, 4) is 0 Å².